The summed E-state index contributed by atoms with van der Waals surface area (Å²) >= 11 is 0. The van der Waals surface area contributed by atoms with Crippen molar-refractivity contribution in [3.8, 4) is 17.3 Å². The number of fused-ring (bicyclic) bond motifs is 7. The van der Waals surface area contributed by atoms with Crippen LogP contribution in [0.4, 0.5) is 22.7 Å². The highest BCUT2D eigenvalue weighted by atomic mass is 16.5. The highest BCUT2D eigenvalue weighted by Gasteiger charge is 2.30. The molecule has 9 aromatic rings. The van der Waals surface area contributed by atoms with Crippen LogP contribution in [0.25, 0.3) is 49.6 Å². The number of rotatable bonds is 5. The monoisotopic (exact) mass is 677 g/mol. The Balaban J connectivity index is 1.02. The molecule has 0 spiro atoms. The SMILES string of the molecule is CC(C)(C)c1ccnc(-n2c3ccccc3c3ccc(Oc4cccc(N5CN(c6cccc7c6oc6ccccc67)c6cnccc65)c4)cc32)c1. The van der Waals surface area contributed by atoms with E-state index in [-0.39, 0.29) is 5.41 Å². The van der Waals surface area contributed by atoms with E-state index in [4.69, 9.17) is 14.1 Å². The molecule has 0 bridgehead atoms. The Kier molecular flexibility index (Phi) is 6.67. The second-order valence-electron chi connectivity index (χ2n) is 14.4. The molecule has 5 aromatic carbocycles. The predicted molar refractivity (Wildman–Crippen MR) is 211 cm³/mol. The Morgan fingerprint density at radius 2 is 1.40 bits per heavy atom. The van der Waals surface area contributed by atoms with E-state index >= 15 is 0 Å². The van der Waals surface area contributed by atoms with E-state index in [1.54, 1.807) is 0 Å². The first kappa shape index (κ1) is 30.2. The molecule has 7 heteroatoms. The summed E-state index contributed by atoms with van der Waals surface area (Å²) < 4.78 is 15.3. The fourth-order valence-electron chi connectivity index (χ4n) is 7.60. The first-order valence-corrected chi connectivity index (χ1v) is 17.6. The minimum Gasteiger partial charge on any atom is -0.457 e. The molecule has 252 valence electrons. The van der Waals surface area contributed by atoms with Crippen molar-refractivity contribution < 1.29 is 9.15 Å². The van der Waals surface area contributed by atoms with E-state index in [0.29, 0.717) is 6.67 Å². The second-order valence-corrected chi connectivity index (χ2v) is 14.4. The summed E-state index contributed by atoms with van der Waals surface area (Å²) in [5.74, 6) is 2.40. The molecule has 1 aliphatic rings. The third-order valence-electron chi connectivity index (χ3n) is 10.2. The smallest absolute Gasteiger partial charge is 0.159 e. The van der Waals surface area contributed by atoms with Crippen LogP contribution in [-0.2, 0) is 5.41 Å². The fraction of sp³-hybridized carbons (Fsp3) is 0.111. The zero-order valence-electron chi connectivity index (χ0n) is 29.1. The second kappa shape index (κ2) is 11.5. The van der Waals surface area contributed by atoms with Crippen LogP contribution < -0.4 is 14.5 Å². The largest absolute Gasteiger partial charge is 0.457 e. The van der Waals surface area contributed by atoms with Gasteiger partial charge in [-0.15, -0.1) is 0 Å². The van der Waals surface area contributed by atoms with Gasteiger partial charge in [-0.2, -0.15) is 0 Å². The van der Waals surface area contributed by atoms with E-state index in [1.807, 2.05) is 42.9 Å². The van der Waals surface area contributed by atoms with Crippen molar-refractivity contribution in [2.24, 2.45) is 0 Å². The van der Waals surface area contributed by atoms with Crippen LogP contribution in [0.1, 0.15) is 26.3 Å². The highest BCUT2D eigenvalue weighted by molar-refractivity contribution is 6.11. The molecule has 4 aromatic heterocycles. The van der Waals surface area contributed by atoms with Gasteiger partial charge < -0.3 is 19.0 Å². The molecule has 0 aliphatic carbocycles. The van der Waals surface area contributed by atoms with Crippen molar-refractivity contribution in [2.75, 3.05) is 16.5 Å². The lowest BCUT2D eigenvalue weighted by atomic mass is 9.88. The van der Waals surface area contributed by atoms with Gasteiger partial charge in [0.2, 0.25) is 0 Å². The lowest BCUT2D eigenvalue weighted by molar-refractivity contribution is 0.483. The van der Waals surface area contributed by atoms with Crippen molar-refractivity contribution in [2.45, 2.75) is 26.2 Å². The Labute approximate surface area is 300 Å². The van der Waals surface area contributed by atoms with E-state index in [9.17, 15) is 0 Å². The Hall–Kier alpha value is -6.60. The molecule has 1 aliphatic heterocycles. The number of para-hydroxylation sites is 3. The highest BCUT2D eigenvalue weighted by Crippen LogP contribution is 2.47. The standard InChI is InChI=1S/C45H35N5O2/c1-45(2,3)29-20-23-47-43(24-29)50-37-15-6-4-12-33(37)34-19-18-32(26-40(34)50)51-31-11-8-10-30(25-31)48-28-49(41-27-46-22-21-38(41)48)39-16-9-14-36-35-13-5-7-17-42(35)52-44(36)39/h4-27H,28H2,1-3H3. The van der Waals surface area contributed by atoms with Gasteiger partial charge in [0.25, 0.3) is 0 Å². The Morgan fingerprint density at radius 3 is 2.31 bits per heavy atom. The molecular formula is C45H35N5O2. The first-order chi connectivity index (χ1) is 25.4. The van der Waals surface area contributed by atoms with Gasteiger partial charge in [-0.3, -0.25) is 9.55 Å². The molecule has 10 rings (SSSR count). The van der Waals surface area contributed by atoms with Gasteiger partial charge in [0, 0.05) is 51.8 Å². The zero-order valence-corrected chi connectivity index (χ0v) is 29.1. The van der Waals surface area contributed by atoms with Crippen LogP contribution in [0, 0.1) is 0 Å². The summed E-state index contributed by atoms with van der Waals surface area (Å²) in [6.45, 7) is 7.28. The number of furan rings is 1. The number of ether oxygens (including phenoxy) is 1. The van der Waals surface area contributed by atoms with Crippen molar-refractivity contribution in [3.63, 3.8) is 0 Å². The molecular weight excluding hydrogens is 643 g/mol. The number of nitrogens with zero attached hydrogens (tertiary/aromatic N) is 5. The maximum atomic E-state index is 6.64. The number of hydrogen-bond acceptors (Lipinski definition) is 6. The average Bonchev–Trinajstić information content (AvgIpc) is 3.84. The number of aromatic nitrogens is 3. The molecule has 7 nitrogen and oxygen atoms in total. The molecule has 0 saturated carbocycles. The van der Waals surface area contributed by atoms with Gasteiger partial charge in [-0.1, -0.05) is 75.4 Å². The summed E-state index contributed by atoms with van der Waals surface area (Å²) in [5, 5.41) is 4.54. The molecule has 0 radical (unpaired) electrons. The third-order valence-corrected chi connectivity index (χ3v) is 10.2. The topological polar surface area (TPSA) is 59.6 Å². The van der Waals surface area contributed by atoms with Gasteiger partial charge in [0.15, 0.2) is 5.58 Å². The van der Waals surface area contributed by atoms with Crippen LogP contribution in [0.3, 0.4) is 0 Å². The van der Waals surface area contributed by atoms with Crippen LogP contribution in [0.2, 0.25) is 0 Å². The fourth-order valence-corrected chi connectivity index (χ4v) is 7.60. The number of benzene rings is 5. The summed E-state index contributed by atoms with van der Waals surface area (Å²) in [5.41, 5.74) is 9.24. The van der Waals surface area contributed by atoms with Gasteiger partial charge in [-0.05, 0) is 71.6 Å². The Bertz CT molecular complexity index is 2830. The van der Waals surface area contributed by atoms with Crippen molar-refractivity contribution in [1.29, 1.82) is 0 Å². The lowest BCUT2D eigenvalue weighted by Gasteiger charge is -2.22. The molecule has 52 heavy (non-hydrogen) atoms. The predicted octanol–water partition coefficient (Wildman–Crippen LogP) is 11.8. The summed E-state index contributed by atoms with van der Waals surface area (Å²) in [7, 11) is 0. The maximum absolute atomic E-state index is 6.64. The summed E-state index contributed by atoms with van der Waals surface area (Å²) in [4.78, 5) is 13.9. The summed E-state index contributed by atoms with van der Waals surface area (Å²) in [6.07, 6.45) is 5.68. The zero-order chi connectivity index (χ0) is 35.0. The van der Waals surface area contributed by atoms with Crippen LogP contribution in [0.15, 0.2) is 150 Å². The van der Waals surface area contributed by atoms with Crippen LogP contribution in [0.5, 0.6) is 11.5 Å². The normalized spacial score (nSPS) is 13.1. The molecule has 0 saturated heterocycles. The molecule has 0 N–H and O–H groups in total. The van der Waals surface area contributed by atoms with Crippen molar-refractivity contribution >= 4 is 66.5 Å². The summed E-state index contributed by atoms with van der Waals surface area (Å²) in [6, 6.07) is 44.0. The van der Waals surface area contributed by atoms with Gasteiger partial charge in [0.1, 0.15) is 29.6 Å². The average molecular weight is 678 g/mol. The number of hydrogen-bond donors (Lipinski definition) is 0. The number of anilines is 4. The van der Waals surface area contributed by atoms with E-state index in [2.05, 4.69) is 143 Å². The molecule has 0 atom stereocenters. The first-order valence-electron chi connectivity index (χ1n) is 17.6. The minimum atomic E-state index is -0.000103. The molecule has 5 heterocycles. The van der Waals surface area contributed by atoms with Gasteiger partial charge in [0.05, 0.1) is 34.3 Å². The molecule has 0 unspecified atom stereocenters. The number of pyridine rings is 2. The van der Waals surface area contributed by atoms with Crippen LogP contribution >= 0.6 is 0 Å². The Morgan fingerprint density at radius 1 is 0.615 bits per heavy atom. The van der Waals surface area contributed by atoms with E-state index in [1.165, 1.54) is 10.9 Å². The minimum absolute atomic E-state index is 0.000103. The lowest BCUT2D eigenvalue weighted by Crippen LogP contribution is -2.24. The van der Waals surface area contributed by atoms with Gasteiger partial charge >= 0.3 is 0 Å². The third kappa shape index (κ3) is 4.81. The van der Waals surface area contributed by atoms with E-state index < -0.39 is 0 Å². The van der Waals surface area contributed by atoms with Crippen molar-refractivity contribution in [3.05, 3.63) is 152 Å². The van der Waals surface area contributed by atoms with Crippen LogP contribution in [-0.4, -0.2) is 21.2 Å². The van der Waals surface area contributed by atoms with E-state index in [0.717, 1.165) is 78.4 Å². The van der Waals surface area contributed by atoms with Gasteiger partial charge in [-0.25, -0.2) is 4.98 Å². The molecule has 0 fully saturated rings. The van der Waals surface area contributed by atoms with Crippen molar-refractivity contribution in [1.82, 2.24) is 14.5 Å². The quantitative estimate of drug-likeness (QED) is 0.181. The molecule has 0 amide bonds. The maximum Gasteiger partial charge on any atom is 0.159 e.